The summed E-state index contributed by atoms with van der Waals surface area (Å²) in [6, 6.07) is 2.69. The fraction of sp³-hybridized carbons (Fsp3) is 0.400. The third-order valence-electron chi connectivity index (χ3n) is 1.96. The number of nitrogens with zero attached hydrogens (tertiary/aromatic N) is 2. The minimum absolute atomic E-state index is 0.0945. The number of alkyl halides is 6. The molecule has 0 fully saturated rings. The molecule has 0 N–H and O–H groups in total. The van der Waals surface area contributed by atoms with Gasteiger partial charge in [-0.2, -0.15) is 5.26 Å². The van der Waals surface area contributed by atoms with E-state index in [2.05, 4.69) is 9.72 Å². The van der Waals surface area contributed by atoms with Crippen LogP contribution in [-0.2, 0) is 12.3 Å². The lowest BCUT2D eigenvalue weighted by atomic mass is 10.1. The van der Waals surface area contributed by atoms with Gasteiger partial charge in [-0.25, -0.2) is 13.8 Å². The lowest BCUT2D eigenvalue weighted by molar-refractivity contribution is -0.275. The minimum atomic E-state index is -5.14. The zero-order chi connectivity index (χ0) is 14.6. The fourth-order valence-corrected chi connectivity index (χ4v) is 1.52. The van der Waals surface area contributed by atoms with Gasteiger partial charge in [0.2, 0.25) is 0 Å². The SMILES string of the molecule is N#CCc1cc(CCl)c(OC(F)(F)F)c(C(F)F)n1. The van der Waals surface area contributed by atoms with Crippen LogP contribution in [0.3, 0.4) is 0 Å². The monoisotopic (exact) mass is 300 g/mol. The Balaban J connectivity index is 3.37. The summed E-state index contributed by atoms with van der Waals surface area (Å²) in [7, 11) is 0. The Kier molecular flexibility index (Phi) is 4.89. The van der Waals surface area contributed by atoms with Crippen molar-refractivity contribution in [1.29, 1.82) is 5.26 Å². The van der Waals surface area contributed by atoms with Crippen molar-refractivity contribution in [3.05, 3.63) is 23.0 Å². The molecule has 1 rings (SSSR count). The smallest absolute Gasteiger partial charge is 0.403 e. The normalized spacial score (nSPS) is 11.5. The molecule has 1 aromatic rings. The van der Waals surface area contributed by atoms with Crippen molar-refractivity contribution in [3.63, 3.8) is 0 Å². The largest absolute Gasteiger partial charge is 0.573 e. The van der Waals surface area contributed by atoms with Gasteiger partial charge in [0.15, 0.2) is 5.75 Å². The van der Waals surface area contributed by atoms with Gasteiger partial charge in [-0.05, 0) is 6.07 Å². The van der Waals surface area contributed by atoms with Crippen LogP contribution in [0.5, 0.6) is 5.75 Å². The molecule has 0 aliphatic rings. The highest BCUT2D eigenvalue weighted by Gasteiger charge is 2.35. The highest BCUT2D eigenvalue weighted by molar-refractivity contribution is 6.17. The minimum Gasteiger partial charge on any atom is -0.403 e. The molecule has 0 aromatic carbocycles. The Morgan fingerprint density at radius 2 is 2.05 bits per heavy atom. The molecule has 0 aliphatic heterocycles. The molecular formula is C10H6ClF5N2O. The molecular weight excluding hydrogens is 295 g/mol. The summed E-state index contributed by atoms with van der Waals surface area (Å²) >= 11 is 5.41. The molecule has 0 radical (unpaired) electrons. The lowest BCUT2D eigenvalue weighted by Crippen LogP contribution is -2.20. The Morgan fingerprint density at radius 3 is 2.47 bits per heavy atom. The average molecular weight is 301 g/mol. The van der Waals surface area contributed by atoms with Crippen LogP contribution in [-0.4, -0.2) is 11.3 Å². The standard InChI is InChI=1S/C10H6ClF5N2O/c11-4-5-3-6(1-2-17)18-7(9(12)13)8(5)19-10(14,15)16/h3,9H,1,4H2. The molecule has 9 heteroatoms. The Labute approximate surface area is 109 Å². The van der Waals surface area contributed by atoms with Gasteiger partial charge in [0.25, 0.3) is 6.43 Å². The summed E-state index contributed by atoms with van der Waals surface area (Å²) in [6.07, 6.45) is -8.74. The Morgan fingerprint density at radius 1 is 1.42 bits per heavy atom. The molecule has 1 heterocycles. The van der Waals surface area contributed by atoms with E-state index in [1.54, 1.807) is 6.07 Å². The number of pyridine rings is 1. The number of hydrogen-bond donors (Lipinski definition) is 0. The zero-order valence-corrected chi connectivity index (χ0v) is 9.90. The summed E-state index contributed by atoms with van der Waals surface area (Å²) in [4.78, 5) is 3.30. The molecule has 104 valence electrons. The van der Waals surface area contributed by atoms with Crippen molar-refractivity contribution < 1.29 is 26.7 Å². The van der Waals surface area contributed by atoms with Gasteiger partial charge in [0, 0.05) is 5.56 Å². The van der Waals surface area contributed by atoms with E-state index in [1.807, 2.05) is 0 Å². The lowest BCUT2D eigenvalue weighted by Gasteiger charge is -2.16. The van der Waals surface area contributed by atoms with Gasteiger partial charge in [0.1, 0.15) is 5.69 Å². The highest BCUT2D eigenvalue weighted by Crippen LogP contribution is 2.35. The second-order valence-corrected chi connectivity index (χ2v) is 3.57. The molecule has 0 bridgehead atoms. The molecule has 1 aromatic heterocycles. The van der Waals surface area contributed by atoms with Crippen LogP contribution in [0.1, 0.15) is 23.4 Å². The quantitative estimate of drug-likeness (QED) is 0.629. The van der Waals surface area contributed by atoms with Crippen molar-refractivity contribution >= 4 is 11.6 Å². The molecule has 0 atom stereocenters. The predicted molar refractivity (Wildman–Crippen MR) is 54.8 cm³/mol. The maximum absolute atomic E-state index is 12.7. The third kappa shape index (κ3) is 4.21. The molecule has 0 spiro atoms. The van der Waals surface area contributed by atoms with Gasteiger partial charge in [0.05, 0.1) is 24.1 Å². The first kappa shape index (κ1) is 15.4. The van der Waals surface area contributed by atoms with E-state index in [9.17, 15) is 22.0 Å². The van der Waals surface area contributed by atoms with Gasteiger partial charge < -0.3 is 4.74 Å². The number of rotatable bonds is 4. The number of hydrogen-bond acceptors (Lipinski definition) is 3. The van der Waals surface area contributed by atoms with E-state index in [0.29, 0.717) is 0 Å². The first-order valence-corrected chi connectivity index (χ1v) is 5.31. The number of ether oxygens (including phenoxy) is 1. The summed E-state index contributed by atoms with van der Waals surface area (Å²) < 4.78 is 65.4. The van der Waals surface area contributed by atoms with Gasteiger partial charge in [-0.15, -0.1) is 24.8 Å². The van der Waals surface area contributed by atoms with Crippen molar-refractivity contribution in [2.24, 2.45) is 0 Å². The average Bonchev–Trinajstić information content (AvgIpc) is 2.28. The van der Waals surface area contributed by atoms with Crippen LogP contribution < -0.4 is 4.74 Å². The molecule has 0 unspecified atom stereocenters. The van der Waals surface area contributed by atoms with E-state index in [-0.39, 0.29) is 17.7 Å². The number of nitriles is 1. The molecule has 0 amide bonds. The van der Waals surface area contributed by atoms with Crippen molar-refractivity contribution in [3.8, 4) is 11.8 Å². The van der Waals surface area contributed by atoms with E-state index in [4.69, 9.17) is 16.9 Å². The van der Waals surface area contributed by atoms with Crippen LogP contribution in [0, 0.1) is 11.3 Å². The second kappa shape index (κ2) is 6.02. The van der Waals surface area contributed by atoms with Crippen molar-refractivity contribution in [1.82, 2.24) is 4.98 Å². The molecule has 3 nitrogen and oxygen atoms in total. The van der Waals surface area contributed by atoms with Gasteiger partial charge in [-0.1, -0.05) is 0 Å². The predicted octanol–water partition coefficient (Wildman–Crippen LogP) is 3.72. The molecule has 0 aliphatic carbocycles. The van der Waals surface area contributed by atoms with E-state index in [0.717, 1.165) is 6.07 Å². The summed E-state index contributed by atoms with van der Waals surface area (Å²) in [5.74, 6) is -1.59. The van der Waals surface area contributed by atoms with Crippen LogP contribution in [0.2, 0.25) is 0 Å². The number of halogens is 6. The third-order valence-corrected chi connectivity index (χ3v) is 2.25. The molecule has 19 heavy (non-hydrogen) atoms. The maximum atomic E-state index is 12.7. The van der Waals surface area contributed by atoms with Gasteiger partial charge in [-0.3, -0.25) is 0 Å². The molecule has 0 saturated heterocycles. The van der Waals surface area contributed by atoms with E-state index >= 15 is 0 Å². The molecule has 0 saturated carbocycles. The highest BCUT2D eigenvalue weighted by atomic mass is 35.5. The summed E-state index contributed by atoms with van der Waals surface area (Å²) in [6.45, 7) is 0. The van der Waals surface area contributed by atoms with Crippen LogP contribution in [0.4, 0.5) is 22.0 Å². The van der Waals surface area contributed by atoms with E-state index < -0.39 is 30.1 Å². The van der Waals surface area contributed by atoms with Crippen molar-refractivity contribution in [2.75, 3.05) is 0 Å². The summed E-state index contributed by atoms with van der Waals surface area (Å²) in [5, 5.41) is 8.45. The summed E-state index contributed by atoms with van der Waals surface area (Å²) in [5.41, 5.74) is -1.57. The Bertz CT molecular complexity index is 498. The number of aromatic nitrogens is 1. The van der Waals surface area contributed by atoms with Gasteiger partial charge >= 0.3 is 6.36 Å². The zero-order valence-electron chi connectivity index (χ0n) is 9.14. The maximum Gasteiger partial charge on any atom is 0.573 e. The van der Waals surface area contributed by atoms with E-state index in [1.165, 1.54) is 0 Å². The fourth-order valence-electron chi connectivity index (χ4n) is 1.32. The first-order valence-electron chi connectivity index (χ1n) is 4.78. The Hall–Kier alpha value is -1.62. The van der Waals surface area contributed by atoms with Crippen LogP contribution >= 0.6 is 11.6 Å². The second-order valence-electron chi connectivity index (χ2n) is 3.30. The van der Waals surface area contributed by atoms with Crippen LogP contribution in [0.15, 0.2) is 6.07 Å². The topological polar surface area (TPSA) is 45.9 Å². The van der Waals surface area contributed by atoms with Crippen molar-refractivity contribution in [2.45, 2.75) is 25.1 Å². The first-order chi connectivity index (χ1) is 8.78. The van der Waals surface area contributed by atoms with Crippen LogP contribution in [0.25, 0.3) is 0 Å².